The highest BCUT2D eigenvalue weighted by atomic mass is 79.9. The first-order valence-electron chi connectivity index (χ1n) is 3.62. The van der Waals surface area contributed by atoms with Crippen molar-refractivity contribution in [2.24, 2.45) is 0 Å². The van der Waals surface area contributed by atoms with Crippen molar-refractivity contribution < 1.29 is 30.3 Å². The van der Waals surface area contributed by atoms with E-state index in [0.717, 1.165) is 0 Å². The number of carbonyl (C=O) groups is 1. The SMILES string of the molecule is O=C[C@@](O)(Br)[C@](O)(Br)[C@@](O)(Br)[C@H](O)C(O)Br. The predicted molar refractivity (Wildman–Crippen MR) is 68.6 cm³/mol. The van der Waals surface area contributed by atoms with Gasteiger partial charge >= 0.3 is 0 Å². The molecule has 10 heteroatoms. The molecule has 0 aromatic carbocycles. The van der Waals surface area contributed by atoms with E-state index in [1.165, 1.54) is 0 Å². The van der Waals surface area contributed by atoms with Gasteiger partial charge in [0.05, 0.1) is 0 Å². The van der Waals surface area contributed by atoms with Crippen LogP contribution in [-0.4, -0.2) is 56.5 Å². The van der Waals surface area contributed by atoms with Gasteiger partial charge in [-0.15, -0.1) is 0 Å². The molecule has 0 rings (SSSR count). The topological polar surface area (TPSA) is 118 Å². The van der Waals surface area contributed by atoms with E-state index in [-0.39, 0.29) is 6.29 Å². The fourth-order valence-corrected chi connectivity index (χ4v) is 2.89. The van der Waals surface area contributed by atoms with Crippen LogP contribution in [0.4, 0.5) is 0 Å². The van der Waals surface area contributed by atoms with Gasteiger partial charge in [0.25, 0.3) is 0 Å². The molecule has 5 N–H and O–H groups in total. The van der Waals surface area contributed by atoms with Crippen LogP contribution in [0.25, 0.3) is 0 Å². The number of alkyl halides is 4. The van der Waals surface area contributed by atoms with Crippen molar-refractivity contribution in [1.29, 1.82) is 0 Å². The molecule has 0 aliphatic heterocycles. The average molecular weight is 496 g/mol. The zero-order valence-corrected chi connectivity index (χ0v) is 13.7. The molecule has 0 amide bonds. The second-order valence-corrected chi connectivity index (χ2v) is 7.41. The maximum absolute atomic E-state index is 10.5. The summed E-state index contributed by atoms with van der Waals surface area (Å²) in [6, 6.07) is 0. The Morgan fingerprint density at radius 3 is 1.69 bits per heavy atom. The van der Waals surface area contributed by atoms with Crippen LogP contribution in [0.1, 0.15) is 0 Å². The summed E-state index contributed by atoms with van der Waals surface area (Å²) in [5.74, 6) is 0. The van der Waals surface area contributed by atoms with Gasteiger partial charge < -0.3 is 25.5 Å². The third kappa shape index (κ3) is 3.04. The minimum Gasteiger partial charge on any atom is -0.385 e. The molecular weight excluding hydrogens is 488 g/mol. The van der Waals surface area contributed by atoms with Crippen LogP contribution in [-0.2, 0) is 4.79 Å². The number of rotatable bonds is 5. The van der Waals surface area contributed by atoms with E-state index in [4.69, 9.17) is 5.11 Å². The van der Waals surface area contributed by atoms with E-state index in [2.05, 4.69) is 63.7 Å². The van der Waals surface area contributed by atoms with Crippen LogP contribution >= 0.6 is 63.7 Å². The van der Waals surface area contributed by atoms with Crippen molar-refractivity contribution in [3.63, 3.8) is 0 Å². The van der Waals surface area contributed by atoms with Crippen molar-refractivity contribution in [3.8, 4) is 0 Å². The van der Waals surface area contributed by atoms with Crippen molar-refractivity contribution in [3.05, 3.63) is 0 Å². The van der Waals surface area contributed by atoms with Crippen LogP contribution in [0.2, 0.25) is 0 Å². The zero-order valence-electron chi connectivity index (χ0n) is 7.39. The molecule has 0 aromatic rings. The molecule has 0 aliphatic carbocycles. The highest BCUT2D eigenvalue weighted by Crippen LogP contribution is 2.47. The number of hydrogen-bond acceptors (Lipinski definition) is 6. The van der Waals surface area contributed by atoms with Gasteiger partial charge in [0, 0.05) is 0 Å². The molecule has 1 unspecified atom stereocenters. The number of aliphatic hydroxyl groups excluding tert-OH is 2. The fraction of sp³-hybridized carbons (Fsp3) is 0.833. The number of aldehydes is 1. The van der Waals surface area contributed by atoms with E-state index < -0.39 is 24.6 Å². The van der Waals surface area contributed by atoms with Gasteiger partial charge in [-0.2, -0.15) is 0 Å². The van der Waals surface area contributed by atoms with E-state index >= 15 is 0 Å². The smallest absolute Gasteiger partial charge is 0.218 e. The molecule has 5 atom stereocenters. The summed E-state index contributed by atoms with van der Waals surface area (Å²) < 4.78 is -7.92. The number of halogens is 4. The molecule has 0 saturated carbocycles. The van der Waals surface area contributed by atoms with Gasteiger partial charge in [-0.25, -0.2) is 0 Å². The Balaban J connectivity index is 5.36. The Kier molecular flexibility index (Phi) is 6.06. The van der Waals surface area contributed by atoms with Crippen LogP contribution < -0.4 is 0 Å². The quantitative estimate of drug-likeness (QED) is 0.260. The van der Waals surface area contributed by atoms with Gasteiger partial charge in [-0.1, -0.05) is 15.9 Å². The Bertz CT molecular complexity index is 266. The minimum atomic E-state index is -2.71. The molecule has 16 heavy (non-hydrogen) atoms. The highest BCUT2D eigenvalue weighted by molar-refractivity contribution is 9.14. The second kappa shape index (κ2) is 5.57. The Morgan fingerprint density at radius 1 is 1.06 bits per heavy atom. The lowest BCUT2D eigenvalue weighted by Crippen LogP contribution is -2.65. The summed E-state index contributed by atoms with van der Waals surface area (Å²) in [5.41, 5.74) is 0. The van der Waals surface area contributed by atoms with Gasteiger partial charge in [-0.3, -0.25) is 4.79 Å². The van der Waals surface area contributed by atoms with Crippen LogP contribution in [0.15, 0.2) is 0 Å². The fourth-order valence-electron chi connectivity index (χ4n) is 0.702. The van der Waals surface area contributed by atoms with Crippen LogP contribution in [0, 0.1) is 0 Å². The molecule has 0 saturated heterocycles. The molecule has 0 bridgehead atoms. The Morgan fingerprint density at radius 2 is 1.44 bits per heavy atom. The summed E-state index contributed by atoms with van der Waals surface area (Å²) in [4.78, 5) is 10.5. The molecule has 0 radical (unpaired) electrons. The highest BCUT2D eigenvalue weighted by Gasteiger charge is 2.63. The first-order chi connectivity index (χ1) is 6.91. The van der Waals surface area contributed by atoms with E-state index in [1.807, 2.05) is 0 Å². The third-order valence-corrected chi connectivity index (χ3v) is 6.32. The third-order valence-electron chi connectivity index (χ3n) is 1.74. The molecule has 0 heterocycles. The van der Waals surface area contributed by atoms with E-state index in [0.29, 0.717) is 0 Å². The summed E-state index contributed by atoms with van der Waals surface area (Å²) in [6.45, 7) is 0. The lowest BCUT2D eigenvalue weighted by Gasteiger charge is -2.43. The monoisotopic (exact) mass is 492 g/mol. The van der Waals surface area contributed by atoms with Crippen LogP contribution in [0.3, 0.4) is 0 Å². The molecular formula is C6H8Br4O6. The zero-order chi connectivity index (χ0) is 13.4. The van der Waals surface area contributed by atoms with E-state index in [9.17, 15) is 25.2 Å². The Hall–Kier alpha value is 1.39. The standard InChI is InChI=1S/C6H8Br4O6/c7-3(13)2(12)5(9,15)6(10,16)4(8,14)1-11/h1-3,12-16H/t2-,3?,4+,5-,6-/m1/s1. The minimum absolute atomic E-state index is 0.110. The maximum atomic E-state index is 10.5. The van der Waals surface area contributed by atoms with Crippen molar-refractivity contribution in [2.75, 3.05) is 0 Å². The lowest BCUT2D eigenvalue weighted by atomic mass is 10.0. The van der Waals surface area contributed by atoms with Crippen molar-refractivity contribution in [2.45, 2.75) is 24.6 Å². The van der Waals surface area contributed by atoms with Crippen LogP contribution in [0.5, 0.6) is 0 Å². The summed E-state index contributed by atoms with van der Waals surface area (Å²) >= 11 is 10.0. The second-order valence-electron chi connectivity index (χ2n) is 2.90. The lowest BCUT2D eigenvalue weighted by molar-refractivity contribution is -0.161. The molecule has 0 spiro atoms. The van der Waals surface area contributed by atoms with Crippen molar-refractivity contribution in [1.82, 2.24) is 0 Å². The number of hydrogen-bond donors (Lipinski definition) is 5. The maximum Gasteiger partial charge on any atom is 0.218 e. The predicted octanol–water partition coefficient (Wildman–Crippen LogP) is -0.490. The molecule has 0 aliphatic rings. The molecule has 6 nitrogen and oxygen atoms in total. The van der Waals surface area contributed by atoms with Gasteiger partial charge in [0.15, 0.2) is 10.8 Å². The summed E-state index contributed by atoms with van der Waals surface area (Å²) in [7, 11) is 0. The largest absolute Gasteiger partial charge is 0.385 e. The van der Waals surface area contributed by atoms with Gasteiger partial charge in [-0.05, 0) is 47.8 Å². The number of carbonyl (C=O) groups excluding carboxylic acids is 1. The molecule has 0 fully saturated rings. The average Bonchev–Trinajstić information content (AvgIpc) is 2.15. The summed E-state index contributed by atoms with van der Waals surface area (Å²) in [5, 5.41) is 45.9. The van der Waals surface area contributed by atoms with Gasteiger partial charge in [0.2, 0.25) is 9.02 Å². The number of aliphatic hydroxyl groups is 5. The molecule has 96 valence electrons. The summed E-state index contributed by atoms with van der Waals surface area (Å²) in [6.07, 6.45) is -2.07. The van der Waals surface area contributed by atoms with Gasteiger partial charge in [0.1, 0.15) is 11.1 Å². The Labute approximate surface area is 124 Å². The first kappa shape index (κ1) is 17.4. The van der Waals surface area contributed by atoms with E-state index in [1.54, 1.807) is 0 Å². The first-order valence-corrected chi connectivity index (χ1v) is 6.91. The van der Waals surface area contributed by atoms with Crippen molar-refractivity contribution >= 4 is 70.0 Å². The molecule has 0 aromatic heterocycles. The normalized spacial score (nSPS) is 27.1.